The third-order valence-electron chi connectivity index (χ3n) is 3.42. The van der Waals surface area contributed by atoms with Crippen LogP contribution in [-0.2, 0) is 4.79 Å². The van der Waals surface area contributed by atoms with E-state index in [2.05, 4.69) is 15.4 Å². The maximum absolute atomic E-state index is 12.0. The van der Waals surface area contributed by atoms with Gasteiger partial charge in [0.05, 0.1) is 0 Å². The molecule has 1 aromatic carbocycles. The number of nitrogens with one attached hydrogen (secondary N) is 2. The lowest BCUT2D eigenvalue weighted by molar-refractivity contribution is -0.153. The highest BCUT2D eigenvalue weighted by molar-refractivity contribution is 5.90. The molecule has 1 fully saturated rings. The standard InChI is InChI=1S/C15H19F3N2O2.ClH/c16-15(17,18)10-22-13-6-3-12(4-7-13)20-14(21)8-5-11-2-1-9-19-11;/h3-4,6-7,11,19H,1-2,5,8-10H2,(H,20,21);1H. The molecule has 0 spiro atoms. The van der Waals surface area contributed by atoms with Gasteiger partial charge in [0.2, 0.25) is 5.91 Å². The summed E-state index contributed by atoms with van der Waals surface area (Å²) >= 11 is 0. The zero-order valence-electron chi connectivity index (χ0n) is 12.5. The summed E-state index contributed by atoms with van der Waals surface area (Å²) in [6.45, 7) is -0.321. The molecule has 1 saturated heterocycles. The molecule has 0 aliphatic carbocycles. The van der Waals surface area contributed by atoms with E-state index in [4.69, 9.17) is 0 Å². The Morgan fingerprint density at radius 3 is 2.57 bits per heavy atom. The highest BCUT2D eigenvalue weighted by Crippen LogP contribution is 2.20. The van der Waals surface area contributed by atoms with Crippen molar-refractivity contribution < 1.29 is 22.7 Å². The number of alkyl halides is 3. The van der Waals surface area contributed by atoms with E-state index < -0.39 is 12.8 Å². The summed E-state index contributed by atoms with van der Waals surface area (Å²) in [4.78, 5) is 11.8. The summed E-state index contributed by atoms with van der Waals surface area (Å²) < 4.78 is 40.7. The maximum atomic E-state index is 12.0. The van der Waals surface area contributed by atoms with Crippen molar-refractivity contribution in [1.29, 1.82) is 0 Å². The van der Waals surface area contributed by atoms with Crippen LogP contribution in [0.4, 0.5) is 18.9 Å². The average molecular weight is 353 g/mol. The Bertz CT molecular complexity index is 488. The molecule has 1 heterocycles. The van der Waals surface area contributed by atoms with E-state index in [9.17, 15) is 18.0 Å². The van der Waals surface area contributed by atoms with Gasteiger partial charge in [0.15, 0.2) is 6.61 Å². The molecule has 0 radical (unpaired) electrons. The minimum atomic E-state index is -4.36. The third-order valence-corrected chi connectivity index (χ3v) is 3.42. The molecule has 4 nitrogen and oxygen atoms in total. The molecule has 0 saturated carbocycles. The summed E-state index contributed by atoms with van der Waals surface area (Å²) in [5.74, 6) is 0.0168. The first kappa shape index (κ1) is 19.6. The van der Waals surface area contributed by atoms with Gasteiger partial charge in [-0.15, -0.1) is 12.4 Å². The number of amides is 1. The molecule has 1 aliphatic rings. The molecule has 1 aliphatic heterocycles. The van der Waals surface area contributed by atoms with E-state index in [0.717, 1.165) is 25.8 Å². The molecule has 2 N–H and O–H groups in total. The number of hydrogen-bond donors (Lipinski definition) is 2. The Kier molecular flexibility index (Phi) is 7.64. The molecule has 2 rings (SSSR count). The topological polar surface area (TPSA) is 50.4 Å². The summed E-state index contributed by atoms with van der Waals surface area (Å²) in [5.41, 5.74) is 0.545. The summed E-state index contributed by atoms with van der Waals surface area (Å²) in [7, 11) is 0. The fourth-order valence-electron chi connectivity index (χ4n) is 2.33. The molecule has 1 amide bonds. The molecule has 1 aromatic rings. The van der Waals surface area contributed by atoms with E-state index in [1.165, 1.54) is 24.3 Å². The van der Waals surface area contributed by atoms with E-state index in [-0.39, 0.29) is 24.1 Å². The van der Waals surface area contributed by atoms with Crippen molar-refractivity contribution in [2.45, 2.75) is 37.9 Å². The molecule has 0 bridgehead atoms. The predicted molar refractivity (Wildman–Crippen MR) is 84.1 cm³/mol. The van der Waals surface area contributed by atoms with Crippen LogP contribution in [-0.4, -0.2) is 31.3 Å². The summed E-state index contributed by atoms with van der Waals surface area (Å²) in [6, 6.07) is 6.26. The normalized spacial score (nSPS) is 17.4. The zero-order chi connectivity index (χ0) is 16.0. The first-order chi connectivity index (χ1) is 10.4. The van der Waals surface area contributed by atoms with Crippen LogP contribution < -0.4 is 15.4 Å². The number of carbonyl (C=O) groups excluding carboxylic acids is 1. The number of hydrogen-bond acceptors (Lipinski definition) is 3. The number of halogens is 4. The Morgan fingerprint density at radius 1 is 1.30 bits per heavy atom. The van der Waals surface area contributed by atoms with Crippen LogP contribution in [0.3, 0.4) is 0 Å². The SMILES string of the molecule is Cl.O=C(CCC1CCCN1)Nc1ccc(OCC(F)(F)F)cc1. The lowest BCUT2D eigenvalue weighted by atomic mass is 10.1. The molecule has 1 atom stereocenters. The molecule has 130 valence electrons. The quantitative estimate of drug-likeness (QED) is 0.823. The van der Waals surface area contributed by atoms with Crippen molar-refractivity contribution in [3.63, 3.8) is 0 Å². The van der Waals surface area contributed by atoms with Gasteiger partial charge in [-0.05, 0) is 50.1 Å². The number of carbonyl (C=O) groups is 1. The van der Waals surface area contributed by atoms with Crippen LogP contribution in [0.5, 0.6) is 5.75 Å². The van der Waals surface area contributed by atoms with Crippen molar-refractivity contribution in [1.82, 2.24) is 5.32 Å². The Morgan fingerprint density at radius 2 is 2.00 bits per heavy atom. The van der Waals surface area contributed by atoms with Crippen molar-refractivity contribution >= 4 is 24.0 Å². The number of ether oxygens (including phenoxy) is 1. The van der Waals surface area contributed by atoms with Crippen molar-refractivity contribution in [3.8, 4) is 5.75 Å². The van der Waals surface area contributed by atoms with Crippen LogP contribution in [0.25, 0.3) is 0 Å². The van der Waals surface area contributed by atoms with Crippen LogP contribution in [0, 0.1) is 0 Å². The van der Waals surface area contributed by atoms with Gasteiger partial charge in [0, 0.05) is 18.2 Å². The van der Waals surface area contributed by atoms with E-state index in [0.29, 0.717) is 18.2 Å². The Balaban J connectivity index is 0.00000264. The van der Waals surface area contributed by atoms with E-state index >= 15 is 0 Å². The van der Waals surface area contributed by atoms with Gasteiger partial charge in [0.25, 0.3) is 0 Å². The van der Waals surface area contributed by atoms with Gasteiger partial charge < -0.3 is 15.4 Å². The highest BCUT2D eigenvalue weighted by Gasteiger charge is 2.28. The van der Waals surface area contributed by atoms with Gasteiger partial charge in [-0.3, -0.25) is 4.79 Å². The molecule has 23 heavy (non-hydrogen) atoms. The summed E-state index contributed by atoms with van der Waals surface area (Å²) in [6.07, 6.45) is -0.909. The molecule has 0 aromatic heterocycles. The maximum Gasteiger partial charge on any atom is 0.422 e. The number of anilines is 1. The smallest absolute Gasteiger partial charge is 0.422 e. The predicted octanol–water partition coefficient (Wildman–Crippen LogP) is 3.52. The fraction of sp³-hybridized carbons (Fsp3) is 0.533. The molecule has 8 heteroatoms. The van der Waals surface area contributed by atoms with Gasteiger partial charge in [0.1, 0.15) is 5.75 Å². The van der Waals surface area contributed by atoms with E-state index in [1.54, 1.807) is 0 Å². The van der Waals surface area contributed by atoms with Crippen LogP contribution in [0.2, 0.25) is 0 Å². The van der Waals surface area contributed by atoms with Crippen molar-refractivity contribution in [3.05, 3.63) is 24.3 Å². The van der Waals surface area contributed by atoms with Crippen LogP contribution >= 0.6 is 12.4 Å². The van der Waals surface area contributed by atoms with E-state index in [1.807, 2.05) is 0 Å². The van der Waals surface area contributed by atoms with Gasteiger partial charge in [-0.25, -0.2) is 0 Å². The van der Waals surface area contributed by atoms with Crippen LogP contribution in [0.1, 0.15) is 25.7 Å². The third kappa shape index (κ3) is 7.56. The minimum Gasteiger partial charge on any atom is -0.484 e. The summed E-state index contributed by atoms with van der Waals surface area (Å²) in [5, 5.41) is 6.04. The minimum absolute atomic E-state index is 0. The van der Waals surface area contributed by atoms with Gasteiger partial charge in [-0.2, -0.15) is 13.2 Å². The molecule has 1 unspecified atom stereocenters. The molecular formula is C15H20ClF3N2O2. The van der Waals surface area contributed by atoms with Crippen LogP contribution in [0.15, 0.2) is 24.3 Å². The Hall–Kier alpha value is -1.47. The lowest BCUT2D eigenvalue weighted by Crippen LogP contribution is -2.23. The number of rotatable bonds is 6. The first-order valence-electron chi connectivity index (χ1n) is 7.25. The monoisotopic (exact) mass is 352 g/mol. The highest BCUT2D eigenvalue weighted by atomic mass is 35.5. The zero-order valence-corrected chi connectivity index (χ0v) is 13.3. The van der Waals surface area contributed by atoms with Gasteiger partial charge >= 0.3 is 6.18 Å². The second kappa shape index (κ2) is 8.98. The number of benzene rings is 1. The first-order valence-corrected chi connectivity index (χ1v) is 7.25. The average Bonchev–Trinajstić information content (AvgIpc) is 2.97. The molecular weight excluding hydrogens is 333 g/mol. The van der Waals surface area contributed by atoms with Gasteiger partial charge in [-0.1, -0.05) is 0 Å². The fourth-order valence-corrected chi connectivity index (χ4v) is 2.33. The van der Waals surface area contributed by atoms with Crippen molar-refractivity contribution in [2.24, 2.45) is 0 Å². The Labute approximate surface area is 139 Å². The second-order valence-electron chi connectivity index (χ2n) is 5.31. The largest absolute Gasteiger partial charge is 0.484 e. The van der Waals surface area contributed by atoms with Crippen molar-refractivity contribution in [2.75, 3.05) is 18.5 Å². The lowest BCUT2D eigenvalue weighted by Gasteiger charge is -2.11. The second-order valence-corrected chi connectivity index (χ2v) is 5.31.